The third-order valence-corrected chi connectivity index (χ3v) is 6.40. The summed E-state index contributed by atoms with van der Waals surface area (Å²) in [5.41, 5.74) is 1.21. The smallest absolute Gasteiger partial charge is 0.323 e. The Balaban J connectivity index is 1.42. The minimum Gasteiger partial charge on any atom is -0.393 e. The van der Waals surface area contributed by atoms with Gasteiger partial charge in [-0.25, -0.2) is 23.5 Å². The zero-order chi connectivity index (χ0) is 23.0. The van der Waals surface area contributed by atoms with Gasteiger partial charge in [-0.15, -0.1) is 0 Å². The molecule has 3 aromatic rings. The van der Waals surface area contributed by atoms with Crippen LogP contribution in [0.3, 0.4) is 0 Å². The minimum absolute atomic E-state index is 0.134. The van der Waals surface area contributed by atoms with E-state index >= 15 is 0 Å². The summed E-state index contributed by atoms with van der Waals surface area (Å²) in [7, 11) is 0. The van der Waals surface area contributed by atoms with Gasteiger partial charge in [-0.05, 0) is 31.5 Å². The van der Waals surface area contributed by atoms with Crippen LogP contribution in [0.25, 0.3) is 10.2 Å². The Labute approximate surface area is 187 Å². The van der Waals surface area contributed by atoms with Gasteiger partial charge in [-0.1, -0.05) is 11.3 Å². The number of thiazole rings is 1. The molecule has 1 aliphatic rings. The van der Waals surface area contributed by atoms with Crippen molar-refractivity contribution in [1.82, 2.24) is 14.9 Å². The zero-order valence-electron chi connectivity index (χ0n) is 17.5. The Morgan fingerprint density at radius 3 is 2.78 bits per heavy atom. The van der Waals surface area contributed by atoms with Crippen LogP contribution in [-0.2, 0) is 0 Å². The summed E-state index contributed by atoms with van der Waals surface area (Å²) < 4.78 is 29.1. The van der Waals surface area contributed by atoms with E-state index in [-0.39, 0.29) is 29.3 Å². The van der Waals surface area contributed by atoms with Gasteiger partial charge in [0.25, 0.3) is 0 Å². The van der Waals surface area contributed by atoms with Crippen molar-refractivity contribution < 1.29 is 23.8 Å². The first-order valence-corrected chi connectivity index (χ1v) is 10.9. The van der Waals surface area contributed by atoms with Crippen molar-refractivity contribution in [3.8, 4) is 0 Å². The molecular weight excluding hydrogens is 440 g/mol. The number of piperazine rings is 1. The molecule has 2 amide bonds. The predicted octanol–water partition coefficient (Wildman–Crippen LogP) is 3.05. The number of halogens is 2. The van der Waals surface area contributed by atoms with Gasteiger partial charge in [-0.2, -0.15) is 0 Å². The number of aromatic nitrogens is 2. The number of benzene rings is 1. The number of carbonyl (C=O) groups is 1. The first kappa shape index (κ1) is 22.3. The van der Waals surface area contributed by atoms with E-state index in [2.05, 4.69) is 15.3 Å². The summed E-state index contributed by atoms with van der Waals surface area (Å²) in [6.07, 6.45) is 0.148. The van der Waals surface area contributed by atoms with Crippen molar-refractivity contribution in [1.29, 1.82) is 0 Å². The Kier molecular flexibility index (Phi) is 6.22. The molecule has 1 aromatic carbocycles. The van der Waals surface area contributed by atoms with Crippen LogP contribution < -0.4 is 10.2 Å². The molecule has 1 saturated heterocycles. The van der Waals surface area contributed by atoms with Crippen molar-refractivity contribution in [3.63, 3.8) is 0 Å². The first-order chi connectivity index (χ1) is 15.3. The van der Waals surface area contributed by atoms with Crippen molar-refractivity contribution in [2.45, 2.75) is 26.0 Å². The number of nitrogens with one attached hydrogen (secondary N) is 1. The average Bonchev–Trinajstić information content (AvgIpc) is 3.14. The zero-order valence-corrected chi connectivity index (χ0v) is 18.4. The number of pyridine rings is 1. The topological polar surface area (TPSA) is 102 Å². The van der Waals surface area contributed by atoms with Gasteiger partial charge in [0.2, 0.25) is 0 Å². The van der Waals surface area contributed by atoms with E-state index in [0.717, 1.165) is 10.8 Å². The highest BCUT2D eigenvalue weighted by Crippen LogP contribution is 2.29. The standard InChI is InChI=1S/C21H23F2N5O3S/c1-11-5-18-16(7-14(11)22)25-20(32-18)26-21(31)27-3-4-28(12(2)9-27)19-15(23)6-13(8-24-19)17(30)10-29/h5-8,12,17,29-30H,3-4,9-10H2,1-2H3,(H,25,26,31)/t12-,17-/m1/s1. The van der Waals surface area contributed by atoms with Crippen molar-refractivity contribution in [2.75, 3.05) is 36.5 Å². The molecule has 1 fully saturated rings. The average molecular weight is 464 g/mol. The molecule has 32 heavy (non-hydrogen) atoms. The number of fused-ring (bicyclic) bond motifs is 1. The molecule has 0 spiro atoms. The van der Waals surface area contributed by atoms with Gasteiger partial charge < -0.3 is 20.0 Å². The molecule has 0 radical (unpaired) electrons. The van der Waals surface area contributed by atoms with Crippen LogP contribution in [0, 0.1) is 18.6 Å². The van der Waals surface area contributed by atoms with E-state index in [1.807, 2.05) is 6.92 Å². The SMILES string of the molecule is Cc1cc2sc(NC(=O)N3CCN(c4ncc([C@H](O)CO)cc4F)[C@H](C)C3)nc2cc1F. The van der Waals surface area contributed by atoms with E-state index in [4.69, 9.17) is 5.11 Å². The third kappa shape index (κ3) is 4.36. The highest BCUT2D eigenvalue weighted by molar-refractivity contribution is 7.22. The van der Waals surface area contributed by atoms with Crippen molar-refractivity contribution >= 4 is 38.5 Å². The molecular formula is C21H23F2N5O3S. The molecule has 3 heterocycles. The van der Waals surface area contributed by atoms with Crippen molar-refractivity contribution in [2.24, 2.45) is 0 Å². The Bertz CT molecular complexity index is 1120. The van der Waals surface area contributed by atoms with E-state index in [1.165, 1.54) is 23.6 Å². The molecule has 8 nitrogen and oxygen atoms in total. The summed E-state index contributed by atoms with van der Waals surface area (Å²) in [5.74, 6) is -0.808. The molecule has 2 atom stereocenters. The number of amides is 2. The Morgan fingerprint density at radius 2 is 2.09 bits per heavy atom. The summed E-state index contributed by atoms with van der Waals surface area (Å²) in [6, 6.07) is 3.67. The van der Waals surface area contributed by atoms with Crippen LogP contribution in [0.15, 0.2) is 24.4 Å². The molecule has 4 rings (SSSR count). The first-order valence-electron chi connectivity index (χ1n) is 10.1. The third-order valence-electron chi connectivity index (χ3n) is 5.47. The monoisotopic (exact) mass is 463 g/mol. The number of carbonyl (C=O) groups excluding carboxylic acids is 1. The van der Waals surface area contributed by atoms with Gasteiger partial charge in [0.15, 0.2) is 16.8 Å². The number of rotatable bonds is 4. The van der Waals surface area contributed by atoms with Gasteiger partial charge in [0.1, 0.15) is 11.9 Å². The van der Waals surface area contributed by atoms with E-state index in [0.29, 0.717) is 35.8 Å². The van der Waals surface area contributed by atoms with Crippen molar-refractivity contribution in [3.05, 3.63) is 47.2 Å². The lowest BCUT2D eigenvalue weighted by Gasteiger charge is -2.40. The lowest BCUT2D eigenvalue weighted by molar-refractivity contribution is 0.0951. The van der Waals surface area contributed by atoms with Crippen LogP contribution in [-0.4, -0.2) is 63.4 Å². The molecule has 170 valence electrons. The number of urea groups is 1. The molecule has 1 aliphatic heterocycles. The van der Waals surface area contributed by atoms with Crippen LogP contribution in [0.5, 0.6) is 0 Å². The number of anilines is 2. The van der Waals surface area contributed by atoms with Gasteiger partial charge in [0.05, 0.1) is 16.8 Å². The normalized spacial score (nSPS) is 17.6. The van der Waals surface area contributed by atoms with Gasteiger partial charge >= 0.3 is 6.03 Å². The van der Waals surface area contributed by atoms with E-state index in [1.54, 1.807) is 22.8 Å². The van der Waals surface area contributed by atoms with Crippen LogP contribution in [0.1, 0.15) is 24.2 Å². The number of aliphatic hydroxyl groups excluding tert-OH is 2. The number of aliphatic hydroxyl groups is 2. The molecule has 2 aromatic heterocycles. The highest BCUT2D eigenvalue weighted by atomic mass is 32.1. The second-order valence-corrected chi connectivity index (χ2v) is 8.81. The number of nitrogens with zero attached hydrogens (tertiary/aromatic N) is 4. The second kappa shape index (κ2) is 8.93. The van der Waals surface area contributed by atoms with Crippen LogP contribution >= 0.6 is 11.3 Å². The molecule has 0 saturated carbocycles. The molecule has 11 heteroatoms. The summed E-state index contributed by atoms with van der Waals surface area (Å²) >= 11 is 1.27. The summed E-state index contributed by atoms with van der Waals surface area (Å²) in [5, 5.41) is 21.8. The lowest BCUT2D eigenvalue weighted by atomic mass is 10.1. The minimum atomic E-state index is -1.19. The van der Waals surface area contributed by atoms with Crippen LogP contribution in [0.4, 0.5) is 24.5 Å². The quantitative estimate of drug-likeness (QED) is 0.550. The fourth-order valence-corrected chi connectivity index (χ4v) is 4.61. The Hall–Kier alpha value is -2.89. The van der Waals surface area contributed by atoms with Crippen LogP contribution in [0.2, 0.25) is 0 Å². The maximum absolute atomic E-state index is 14.6. The van der Waals surface area contributed by atoms with Gasteiger partial charge in [-0.3, -0.25) is 5.32 Å². The number of aryl methyl sites for hydroxylation is 1. The fraction of sp³-hybridized carbons (Fsp3) is 0.381. The summed E-state index contributed by atoms with van der Waals surface area (Å²) in [4.78, 5) is 24.5. The molecule has 0 aliphatic carbocycles. The second-order valence-electron chi connectivity index (χ2n) is 7.78. The Morgan fingerprint density at radius 1 is 1.31 bits per heavy atom. The lowest BCUT2D eigenvalue weighted by Crippen LogP contribution is -2.55. The molecule has 0 bridgehead atoms. The number of hydrogen-bond acceptors (Lipinski definition) is 7. The van der Waals surface area contributed by atoms with E-state index < -0.39 is 18.5 Å². The predicted molar refractivity (Wildman–Crippen MR) is 118 cm³/mol. The van der Waals surface area contributed by atoms with E-state index in [9.17, 15) is 18.7 Å². The van der Waals surface area contributed by atoms with Gasteiger partial charge in [0, 0.05) is 43.5 Å². The largest absolute Gasteiger partial charge is 0.393 e. The fourth-order valence-electron chi connectivity index (χ4n) is 3.68. The highest BCUT2D eigenvalue weighted by Gasteiger charge is 2.30. The maximum atomic E-state index is 14.6. The molecule has 3 N–H and O–H groups in total. The number of hydrogen-bond donors (Lipinski definition) is 3. The maximum Gasteiger partial charge on any atom is 0.323 e. The summed E-state index contributed by atoms with van der Waals surface area (Å²) in [6.45, 7) is 4.07. The molecule has 0 unspecified atom stereocenters.